The lowest BCUT2D eigenvalue weighted by molar-refractivity contribution is 0.00326. The first kappa shape index (κ1) is 8.46. The van der Waals surface area contributed by atoms with Crippen molar-refractivity contribution in [3.05, 3.63) is 16.6 Å². The van der Waals surface area contributed by atoms with Crippen molar-refractivity contribution in [1.29, 1.82) is 0 Å². The van der Waals surface area contributed by atoms with Crippen molar-refractivity contribution in [2.75, 3.05) is 13.2 Å². The first-order valence-corrected chi connectivity index (χ1v) is 4.51. The zero-order valence-electron chi connectivity index (χ0n) is 6.60. The molecular formula is C7H7NO4S. The maximum atomic E-state index is 10.7. The second-order valence-electron chi connectivity index (χ2n) is 2.63. The van der Waals surface area contributed by atoms with Crippen LogP contribution in [-0.2, 0) is 15.1 Å². The van der Waals surface area contributed by atoms with E-state index >= 15 is 0 Å². The van der Waals surface area contributed by atoms with E-state index in [9.17, 15) is 4.79 Å². The van der Waals surface area contributed by atoms with Crippen LogP contribution in [-0.4, -0.2) is 29.5 Å². The number of aliphatic hydroxyl groups is 1. The van der Waals surface area contributed by atoms with Gasteiger partial charge in [0.05, 0.1) is 6.61 Å². The lowest BCUT2D eigenvalue weighted by Crippen LogP contribution is -2.32. The van der Waals surface area contributed by atoms with E-state index in [1.807, 2.05) is 0 Å². The maximum absolute atomic E-state index is 10.7. The highest BCUT2D eigenvalue weighted by atomic mass is 32.1. The van der Waals surface area contributed by atoms with Crippen LogP contribution in [0.3, 0.4) is 0 Å². The summed E-state index contributed by atoms with van der Waals surface area (Å²) in [6.45, 7) is -0.290. The van der Waals surface area contributed by atoms with Crippen LogP contribution < -0.4 is 0 Å². The Morgan fingerprint density at radius 2 is 2.62 bits per heavy atom. The molecule has 1 N–H and O–H groups in total. The molecule has 0 spiro atoms. The number of carbonyl (C=O) groups excluding carboxylic acids is 1. The summed E-state index contributed by atoms with van der Waals surface area (Å²) >= 11 is 1.32. The van der Waals surface area contributed by atoms with Crippen molar-refractivity contribution >= 4 is 17.5 Å². The number of aliphatic hydroxyl groups excluding tert-OH is 1. The monoisotopic (exact) mass is 201 g/mol. The molecule has 1 aromatic heterocycles. The van der Waals surface area contributed by atoms with Crippen molar-refractivity contribution in [3.8, 4) is 0 Å². The smallest absolute Gasteiger partial charge is 0.429 e. The Labute approximate surface area is 77.9 Å². The Morgan fingerprint density at radius 1 is 1.77 bits per heavy atom. The molecule has 1 aromatic rings. The number of cyclic esters (lactones) is 2. The van der Waals surface area contributed by atoms with Crippen LogP contribution in [0.25, 0.3) is 0 Å². The SMILES string of the molecule is O=C1OCC(CO)(c2nccs2)O1. The molecule has 1 atom stereocenters. The van der Waals surface area contributed by atoms with Gasteiger partial charge in [-0.05, 0) is 0 Å². The van der Waals surface area contributed by atoms with E-state index in [1.54, 1.807) is 11.6 Å². The Kier molecular flexibility index (Phi) is 1.93. The predicted molar refractivity (Wildman–Crippen MR) is 43.3 cm³/mol. The fraction of sp³-hybridized carbons (Fsp3) is 0.429. The minimum atomic E-state index is -1.08. The first-order chi connectivity index (χ1) is 6.27. The van der Waals surface area contributed by atoms with Crippen LogP contribution in [0.5, 0.6) is 0 Å². The third kappa shape index (κ3) is 1.27. The van der Waals surface area contributed by atoms with Gasteiger partial charge in [0.1, 0.15) is 11.6 Å². The lowest BCUT2D eigenvalue weighted by Gasteiger charge is -2.18. The Bertz CT molecular complexity index is 312. The second kappa shape index (κ2) is 2.97. The van der Waals surface area contributed by atoms with Gasteiger partial charge in [-0.1, -0.05) is 0 Å². The zero-order valence-corrected chi connectivity index (χ0v) is 7.41. The van der Waals surface area contributed by atoms with E-state index < -0.39 is 11.8 Å². The first-order valence-electron chi connectivity index (χ1n) is 3.63. The van der Waals surface area contributed by atoms with Crippen molar-refractivity contribution in [3.63, 3.8) is 0 Å². The molecule has 1 aliphatic rings. The molecule has 2 heterocycles. The average Bonchev–Trinajstić information content (AvgIpc) is 2.73. The third-order valence-electron chi connectivity index (χ3n) is 1.78. The van der Waals surface area contributed by atoms with E-state index in [4.69, 9.17) is 9.84 Å². The minimum Gasteiger partial charge on any atom is -0.429 e. The van der Waals surface area contributed by atoms with Crippen molar-refractivity contribution < 1.29 is 19.4 Å². The largest absolute Gasteiger partial charge is 0.509 e. The van der Waals surface area contributed by atoms with Crippen LogP contribution in [0.4, 0.5) is 4.79 Å². The molecule has 2 rings (SSSR count). The molecule has 5 nitrogen and oxygen atoms in total. The van der Waals surface area contributed by atoms with Crippen LogP contribution in [0, 0.1) is 0 Å². The Balaban J connectivity index is 2.31. The van der Waals surface area contributed by atoms with Crippen LogP contribution in [0.1, 0.15) is 5.01 Å². The molecule has 13 heavy (non-hydrogen) atoms. The van der Waals surface area contributed by atoms with Gasteiger partial charge in [-0.3, -0.25) is 0 Å². The van der Waals surface area contributed by atoms with Crippen molar-refractivity contribution in [2.24, 2.45) is 0 Å². The molecule has 0 aromatic carbocycles. The molecular weight excluding hydrogens is 194 g/mol. The summed E-state index contributed by atoms with van der Waals surface area (Å²) in [6.07, 6.45) is 0.827. The molecule has 0 saturated carbocycles. The van der Waals surface area contributed by atoms with Crippen LogP contribution >= 0.6 is 11.3 Å². The molecule has 0 amide bonds. The number of aromatic nitrogens is 1. The van der Waals surface area contributed by atoms with Gasteiger partial charge in [0.15, 0.2) is 0 Å². The average molecular weight is 201 g/mol. The van der Waals surface area contributed by atoms with Gasteiger partial charge in [-0.15, -0.1) is 11.3 Å². The zero-order chi connectivity index (χ0) is 9.31. The summed E-state index contributed by atoms with van der Waals surface area (Å²) in [4.78, 5) is 14.7. The summed E-state index contributed by atoms with van der Waals surface area (Å²) in [7, 11) is 0. The van der Waals surface area contributed by atoms with Crippen LogP contribution in [0.15, 0.2) is 11.6 Å². The molecule has 1 unspecified atom stereocenters. The Hall–Kier alpha value is -1.14. The van der Waals surface area contributed by atoms with Crippen LogP contribution in [0.2, 0.25) is 0 Å². The van der Waals surface area contributed by atoms with Gasteiger partial charge in [-0.25, -0.2) is 9.78 Å². The summed E-state index contributed by atoms with van der Waals surface area (Å²) in [6, 6.07) is 0. The van der Waals surface area contributed by atoms with E-state index in [2.05, 4.69) is 9.72 Å². The molecule has 0 aliphatic carbocycles. The van der Waals surface area contributed by atoms with Gasteiger partial charge >= 0.3 is 6.16 Å². The number of nitrogens with zero attached hydrogens (tertiary/aromatic N) is 1. The third-order valence-corrected chi connectivity index (χ3v) is 2.74. The van der Waals surface area contributed by atoms with Gasteiger partial charge in [0.25, 0.3) is 0 Å². The Morgan fingerprint density at radius 3 is 3.08 bits per heavy atom. The standard InChI is InChI=1S/C7H7NO4S/c9-3-7(4-11-6(10)12-7)5-8-1-2-13-5/h1-2,9H,3-4H2. The topological polar surface area (TPSA) is 68.7 Å². The fourth-order valence-corrected chi connectivity index (χ4v) is 1.85. The predicted octanol–water partition coefficient (Wildman–Crippen LogP) is 0.497. The molecule has 6 heteroatoms. The lowest BCUT2D eigenvalue weighted by atomic mass is 10.1. The van der Waals surface area contributed by atoms with E-state index in [0.717, 1.165) is 0 Å². The fourth-order valence-electron chi connectivity index (χ4n) is 1.09. The molecule has 0 radical (unpaired) electrons. The molecule has 1 fully saturated rings. The summed E-state index contributed by atoms with van der Waals surface area (Å²) in [5.41, 5.74) is -1.08. The summed E-state index contributed by atoms with van der Waals surface area (Å²) in [5.74, 6) is 0. The van der Waals surface area contributed by atoms with E-state index in [1.165, 1.54) is 11.3 Å². The molecule has 0 bridgehead atoms. The number of carbonyl (C=O) groups is 1. The quantitative estimate of drug-likeness (QED) is 0.705. The van der Waals surface area contributed by atoms with Crippen molar-refractivity contribution in [1.82, 2.24) is 4.98 Å². The number of ether oxygens (including phenoxy) is 2. The molecule has 70 valence electrons. The number of hydrogen-bond donors (Lipinski definition) is 1. The van der Waals surface area contributed by atoms with Gasteiger partial charge in [-0.2, -0.15) is 0 Å². The highest BCUT2D eigenvalue weighted by molar-refractivity contribution is 7.09. The second-order valence-corrected chi connectivity index (χ2v) is 3.52. The van der Waals surface area contributed by atoms with E-state index in [0.29, 0.717) is 5.01 Å². The van der Waals surface area contributed by atoms with Gasteiger partial charge < -0.3 is 14.6 Å². The van der Waals surface area contributed by atoms with E-state index in [-0.39, 0.29) is 13.2 Å². The molecule has 1 saturated heterocycles. The summed E-state index contributed by atoms with van der Waals surface area (Å²) < 4.78 is 9.51. The minimum absolute atomic E-state index is 0.0237. The van der Waals surface area contributed by atoms with Gasteiger partial charge in [0, 0.05) is 11.6 Å². The highest BCUT2D eigenvalue weighted by Gasteiger charge is 2.45. The van der Waals surface area contributed by atoms with Gasteiger partial charge in [0.2, 0.25) is 5.60 Å². The number of thiazole rings is 1. The maximum Gasteiger partial charge on any atom is 0.509 e. The highest BCUT2D eigenvalue weighted by Crippen LogP contribution is 2.32. The molecule has 1 aliphatic heterocycles. The number of rotatable bonds is 2. The van der Waals surface area contributed by atoms with Crippen molar-refractivity contribution in [2.45, 2.75) is 5.60 Å². The number of hydrogen-bond acceptors (Lipinski definition) is 6. The summed E-state index contributed by atoms with van der Waals surface area (Å²) in [5, 5.41) is 11.4. The normalized spacial score (nSPS) is 27.0.